The molecule has 0 spiro atoms. The van der Waals surface area contributed by atoms with Crippen molar-refractivity contribution in [1.29, 1.82) is 0 Å². The molecule has 0 fully saturated rings. The van der Waals surface area contributed by atoms with Gasteiger partial charge in [0.15, 0.2) is 10.4 Å². The molecule has 17 heavy (non-hydrogen) atoms. The quantitative estimate of drug-likeness (QED) is 0.800. The lowest BCUT2D eigenvalue weighted by Gasteiger charge is -2.02. The van der Waals surface area contributed by atoms with Gasteiger partial charge in [-0.25, -0.2) is 4.79 Å². The number of aromatic nitrogens is 2. The smallest absolute Gasteiger partial charge is 0.379 e. The minimum atomic E-state index is -0.532. The molecule has 0 aliphatic rings. The third kappa shape index (κ3) is 2.26. The molecule has 2 aromatic rings. The molecule has 0 aromatic carbocycles. The number of halogens is 1. The van der Waals surface area contributed by atoms with Gasteiger partial charge in [0.1, 0.15) is 5.69 Å². The number of hydrogen-bond donors (Lipinski definition) is 0. The molecule has 0 aliphatic heterocycles. The molecular weight excluding hydrogens is 288 g/mol. The molecule has 0 saturated carbocycles. The van der Waals surface area contributed by atoms with Crippen LogP contribution in [0.5, 0.6) is 5.75 Å². The van der Waals surface area contributed by atoms with Crippen molar-refractivity contribution >= 4 is 21.9 Å². The Bertz CT molecular complexity index is 571. The van der Waals surface area contributed by atoms with E-state index in [-0.39, 0.29) is 5.76 Å². The van der Waals surface area contributed by atoms with E-state index in [0.29, 0.717) is 16.1 Å². The summed E-state index contributed by atoms with van der Waals surface area (Å²) in [6, 6.07) is 3.19. The van der Waals surface area contributed by atoms with Crippen molar-refractivity contribution in [2.45, 2.75) is 13.8 Å². The third-order valence-electron chi connectivity index (χ3n) is 2.41. The molecule has 0 N–H and O–H groups in total. The predicted molar refractivity (Wildman–Crippen MR) is 64.0 cm³/mol. The highest BCUT2D eigenvalue weighted by Gasteiger charge is 2.18. The van der Waals surface area contributed by atoms with E-state index in [2.05, 4.69) is 21.0 Å². The Hall–Kier alpha value is -1.56. The highest BCUT2D eigenvalue weighted by Crippen LogP contribution is 2.23. The van der Waals surface area contributed by atoms with Gasteiger partial charge in [0.2, 0.25) is 5.76 Å². The summed E-state index contributed by atoms with van der Waals surface area (Å²) in [5.41, 5.74) is 1.46. The lowest BCUT2D eigenvalue weighted by molar-refractivity contribution is 0.0697. The molecule has 2 heterocycles. The number of aryl methyl sites for hydroxylation is 2. The van der Waals surface area contributed by atoms with Crippen LogP contribution in [0.4, 0.5) is 0 Å². The summed E-state index contributed by atoms with van der Waals surface area (Å²) < 4.78 is 12.5. The molecule has 0 radical (unpaired) electrons. The van der Waals surface area contributed by atoms with Crippen LogP contribution in [-0.4, -0.2) is 15.7 Å². The monoisotopic (exact) mass is 298 g/mol. The van der Waals surface area contributed by atoms with E-state index in [9.17, 15) is 4.79 Å². The summed E-state index contributed by atoms with van der Waals surface area (Å²) in [5, 5.41) is 4.16. The molecule has 0 unspecified atom stereocenters. The maximum Gasteiger partial charge on any atom is 0.379 e. The zero-order chi connectivity index (χ0) is 12.6. The van der Waals surface area contributed by atoms with Gasteiger partial charge in [-0.05, 0) is 41.9 Å². The lowest BCUT2D eigenvalue weighted by atomic mass is 10.3. The van der Waals surface area contributed by atoms with Crippen LogP contribution in [0.15, 0.2) is 21.2 Å². The van der Waals surface area contributed by atoms with Crippen LogP contribution in [0, 0.1) is 13.8 Å². The third-order valence-corrected chi connectivity index (χ3v) is 2.84. The Balaban J connectivity index is 2.24. The zero-order valence-electron chi connectivity index (χ0n) is 9.65. The summed E-state index contributed by atoms with van der Waals surface area (Å²) in [6.45, 7) is 3.62. The number of carbonyl (C=O) groups is 1. The van der Waals surface area contributed by atoms with Crippen LogP contribution in [0.3, 0.4) is 0 Å². The van der Waals surface area contributed by atoms with Gasteiger partial charge in [0.25, 0.3) is 0 Å². The SMILES string of the molecule is Cc1nn(C)c(C)c1OC(=O)c1ccc(Br)o1. The van der Waals surface area contributed by atoms with Crippen molar-refractivity contribution in [3.05, 3.63) is 34.0 Å². The zero-order valence-corrected chi connectivity index (χ0v) is 11.2. The summed E-state index contributed by atoms with van der Waals surface area (Å²) in [5.74, 6) is 0.0967. The molecule has 6 heteroatoms. The van der Waals surface area contributed by atoms with Crippen LogP contribution in [0.2, 0.25) is 0 Å². The fourth-order valence-corrected chi connectivity index (χ4v) is 1.78. The normalized spacial score (nSPS) is 10.6. The second kappa shape index (κ2) is 4.37. The van der Waals surface area contributed by atoms with Gasteiger partial charge in [-0.15, -0.1) is 0 Å². The minimum Gasteiger partial charge on any atom is -0.442 e. The van der Waals surface area contributed by atoms with Crippen LogP contribution in [0.25, 0.3) is 0 Å². The molecule has 2 rings (SSSR count). The first-order chi connectivity index (χ1) is 7.99. The van der Waals surface area contributed by atoms with Gasteiger partial charge in [-0.3, -0.25) is 4.68 Å². The van der Waals surface area contributed by atoms with E-state index < -0.39 is 5.97 Å². The first kappa shape index (κ1) is 11.9. The second-order valence-corrected chi connectivity index (χ2v) is 4.40. The average molecular weight is 299 g/mol. The first-order valence-corrected chi connectivity index (χ1v) is 5.76. The summed E-state index contributed by atoms with van der Waals surface area (Å²) >= 11 is 3.13. The summed E-state index contributed by atoms with van der Waals surface area (Å²) in [4.78, 5) is 11.8. The fourth-order valence-electron chi connectivity index (χ4n) is 1.47. The van der Waals surface area contributed by atoms with Crippen molar-refractivity contribution in [2.24, 2.45) is 7.05 Å². The van der Waals surface area contributed by atoms with E-state index >= 15 is 0 Å². The van der Waals surface area contributed by atoms with Gasteiger partial charge in [-0.1, -0.05) is 0 Å². The van der Waals surface area contributed by atoms with Crippen LogP contribution in [0.1, 0.15) is 21.9 Å². The molecule has 2 aromatic heterocycles. The van der Waals surface area contributed by atoms with E-state index in [1.165, 1.54) is 0 Å². The molecular formula is C11H11BrN2O3. The van der Waals surface area contributed by atoms with E-state index in [1.54, 1.807) is 30.8 Å². The number of furan rings is 1. The largest absolute Gasteiger partial charge is 0.442 e. The Morgan fingerprint density at radius 1 is 1.47 bits per heavy atom. The molecule has 5 nitrogen and oxygen atoms in total. The van der Waals surface area contributed by atoms with E-state index in [4.69, 9.17) is 9.15 Å². The number of nitrogens with zero attached hydrogens (tertiary/aromatic N) is 2. The molecule has 0 aliphatic carbocycles. The number of hydrogen-bond acceptors (Lipinski definition) is 4. The van der Waals surface area contributed by atoms with Gasteiger partial charge in [0.05, 0.1) is 5.69 Å². The van der Waals surface area contributed by atoms with Crippen LogP contribution < -0.4 is 4.74 Å². The molecule has 0 amide bonds. The Labute approximate surface area is 106 Å². The van der Waals surface area contributed by atoms with Crippen molar-refractivity contribution in [2.75, 3.05) is 0 Å². The van der Waals surface area contributed by atoms with Gasteiger partial charge in [0, 0.05) is 7.05 Å². The van der Waals surface area contributed by atoms with Crippen molar-refractivity contribution < 1.29 is 13.9 Å². The van der Waals surface area contributed by atoms with E-state index in [0.717, 1.165) is 5.69 Å². The topological polar surface area (TPSA) is 57.3 Å². The van der Waals surface area contributed by atoms with Gasteiger partial charge < -0.3 is 9.15 Å². The van der Waals surface area contributed by atoms with Gasteiger partial charge >= 0.3 is 5.97 Å². The summed E-state index contributed by atoms with van der Waals surface area (Å²) in [6.07, 6.45) is 0. The molecule has 0 bridgehead atoms. The maximum atomic E-state index is 11.8. The number of esters is 1. The lowest BCUT2D eigenvalue weighted by Crippen LogP contribution is -2.08. The first-order valence-electron chi connectivity index (χ1n) is 4.96. The molecule has 0 atom stereocenters. The standard InChI is InChI=1S/C11H11BrN2O3/c1-6-10(7(2)14(3)13-6)17-11(15)8-4-5-9(12)16-8/h4-5H,1-3H3. The van der Waals surface area contributed by atoms with Crippen LogP contribution >= 0.6 is 15.9 Å². The summed E-state index contributed by atoms with van der Waals surface area (Å²) in [7, 11) is 1.79. The Morgan fingerprint density at radius 2 is 2.18 bits per heavy atom. The highest BCUT2D eigenvalue weighted by atomic mass is 79.9. The van der Waals surface area contributed by atoms with Crippen molar-refractivity contribution in [3.63, 3.8) is 0 Å². The number of rotatable bonds is 2. The van der Waals surface area contributed by atoms with Crippen molar-refractivity contribution in [3.8, 4) is 5.75 Å². The van der Waals surface area contributed by atoms with E-state index in [1.807, 2.05) is 6.92 Å². The van der Waals surface area contributed by atoms with Crippen LogP contribution in [-0.2, 0) is 7.05 Å². The van der Waals surface area contributed by atoms with Crippen molar-refractivity contribution in [1.82, 2.24) is 9.78 Å². The minimum absolute atomic E-state index is 0.152. The highest BCUT2D eigenvalue weighted by molar-refractivity contribution is 9.10. The predicted octanol–water partition coefficient (Wildman–Crippen LogP) is 2.61. The Morgan fingerprint density at radius 3 is 2.65 bits per heavy atom. The molecule has 90 valence electrons. The maximum absolute atomic E-state index is 11.8. The Kier molecular flexibility index (Phi) is 3.06. The fraction of sp³-hybridized carbons (Fsp3) is 0.273. The number of carbonyl (C=O) groups excluding carboxylic acids is 1. The van der Waals surface area contributed by atoms with Gasteiger partial charge in [-0.2, -0.15) is 5.10 Å². The molecule has 0 saturated heterocycles. The second-order valence-electron chi connectivity index (χ2n) is 3.62. The average Bonchev–Trinajstić information content (AvgIpc) is 2.79. The number of ether oxygens (including phenoxy) is 1.